The van der Waals surface area contributed by atoms with Crippen LogP contribution in [0, 0.1) is 0 Å². The number of H-pyrrole nitrogens is 1. The van der Waals surface area contributed by atoms with Gasteiger partial charge in [0.05, 0.1) is 22.0 Å². The van der Waals surface area contributed by atoms with Crippen molar-refractivity contribution in [3.05, 3.63) is 60.2 Å². The minimum absolute atomic E-state index is 0.0148. The molecular weight excluding hydrogens is 367 g/mol. The molecule has 1 aliphatic rings. The molecule has 0 aliphatic carbocycles. The number of carbonyl (C=O) groups is 1. The van der Waals surface area contributed by atoms with Crippen LogP contribution in [0.3, 0.4) is 0 Å². The van der Waals surface area contributed by atoms with Crippen LogP contribution >= 0.6 is 0 Å². The number of nitrogens with one attached hydrogen (secondary N) is 1. The first-order valence-corrected chi connectivity index (χ1v) is 8.77. The van der Waals surface area contributed by atoms with Gasteiger partial charge in [-0.05, 0) is 43.7 Å². The molecule has 7 heteroatoms. The van der Waals surface area contributed by atoms with Crippen molar-refractivity contribution in [3.63, 3.8) is 0 Å². The number of imidazole rings is 1. The number of carbonyl (C=O) groups excluding carboxylic acids is 1. The Bertz CT molecular complexity index is 1110. The van der Waals surface area contributed by atoms with Gasteiger partial charge in [-0.25, -0.2) is 4.98 Å². The molecule has 28 heavy (non-hydrogen) atoms. The lowest BCUT2D eigenvalue weighted by Crippen LogP contribution is -2.36. The van der Waals surface area contributed by atoms with Crippen LogP contribution in [-0.2, 0) is 16.4 Å². The predicted molar refractivity (Wildman–Crippen MR) is 102 cm³/mol. The molecule has 0 bridgehead atoms. The highest BCUT2D eigenvalue weighted by Crippen LogP contribution is 2.43. The number of fused-ring (bicyclic) bond motifs is 2. The number of benzene rings is 2. The van der Waals surface area contributed by atoms with Gasteiger partial charge >= 0.3 is 6.18 Å². The fourth-order valence-corrected chi connectivity index (χ4v) is 3.63. The Morgan fingerprint density at radius 3 is 2.64 bits per heavy atom. The zero-order valence-corrected chi connectivity index (χ0v) is 15.4. The molecule has 1 aromatic heterocycles. The number of rotatable bonds is 3. The van der Waals surface area contributed by atoms with E-state index in [0.29, 0.717) is 29.0 Å². The van der Waals surface area contributed by atoms with Gasteiger partial charge in [0.15, 0.2) is 0 Å². The average molecular weight is 385 g/mol. The molecule has 0 saturated heterocycles. The summed E-state index contributed by atoms with van der Waals surface area (Å²) in [5, 5.41) is 0. The Labute approximate surface area is 159 Å². The van der Waals surface area contributed by atoms with Gasteiger partial charge in [0.1, 0.15) is 5.82 Å². The van der Waals surface area contributed by atoms with E-state index in [1.165, 1.54) is 6.07 Å². The summed E-state index contributed by atoms with van der Waals surface area (Å²) in [7, 11) is 0. The van der Waals surface area contributed by atoms with Gasteiger partial charge in [-0.3, -0.25) is 4.79 Å². The van der Waals surface area contributed by atoms with Gasteiger partial charge < -0.3 is 9.88 Å². The molecule has 1 N–H and O–H groups in total. The summed E-state index contributed by atoms with van der Waals surface area (Å²) in [6.07, 6.45) is -2.75. The molecule has 2 aromatic carbocycles. The van der Waals surface area contributed by atoms with E-state index in [4.69, 9.17) is 0 Å². The van der Waals surface area contributed by atoms with E-state index in [9.17, 15) is 18.0 Å². The second-order valence-corrected chi connectivity index (χ2v) is 7.38. The Morgan fingerprint density at radius 1 is 1.21 bits per heavy atom. The van der Waals surface area contributed by atoms with Crippen molar-refractivity contribution in [1.82, 2.24) is 9.97 Å². The number of aromatic nitrogens is 2. The molecule has 0 unspecified atom stereocenters. The minimum atomic E-state index is -4.41. The summed E-state index contributed by atoms with van der Waals surface area (Å²) in [6, 6.07) is 8.96. The molecule has 4 nitrogen and oxygen atoms in total. The fourth-order valence-electron chi connectivity index (χ4n) is 3.63. The van der Waals surface area contributed by atoms with E-state index in [0.717, 1.165) is 23.4 Å². The molecule has 0 radical (unpaired) electrons. The van der Waals surface area contributed by atoms with Crippen LogP contribution in [-0.4, -0.2) is 22.4 Å². The van der Waals surface area contributed by atoms with Gasteiger partial charge in [0, 0.05) is 17.8 Å². The zero-order valence-electron chi connectivity index (χ0n) is 15.4. The van der Waals surface area contributed by atoms with Crippen molar-refractivity contribution in [1.29, 1.82) is 0 Å². The van der Waals surface area contributed by atoms with E-state index in [2.05, 4.69) is 16.5 Å². The molecule has 4 rings (SSSR count). The number of hydrogen-bond donors (Lipinski definition) is 1. The highest BCUT2D eigenvalue weighted by Gasteiger charge is 2.43. The monoisotopic (exact) mass is 385 g/mol. The van der Waals surface area contributed by atoms with Crippen molar-refractivity contribution in [2.75, 3.05) is 11.4 Å². The second kappa shape index (κ2) is 5.95. The third-order valence-corrected chi connectivity index (χ3v) is 5.14. The largest absolute Gasteiger partial charge is 0.416 e. The highest BCUT2D eigenvalue weighted by atomic mass is 19.4. The van der Waals surface area contributed by atoms with Crippen molar-refractivity contribution in [2.45, 2.75) is 25.4 Å². The van der Waals surface area contributed by atoms with E-state index in [1.807, 2.05) is 32.0 Å². The zero-order chi connectivity index (χ0) is 20.3. The lowest BCUT2D eigenvalue weighted by molar-refractivity contribution is -0.137. The Morgan fingerprint density at radius 2 is 1.96 bits per heavy atom. The van der Waals surface area contributed by atoms with Crippen LogP contribution in [0.15, 0.2) is 49.1 Å². The summed E-state index contributed by atoms with van der Waals surface area (Å²) < 4.78 is 38.8. The molecule has 1 amide bonds. The second-order valence-electron chi connectivity index (χ2n) is 7.38. The number of anilines is 1. The van der Waals surface area contributed by atoms with Gasteiger partial charge in [-0.15, -0.1) is 6.58 Å². The maximum Gasteiger partial charge on any atom is 0.416 e. The minimum Gasteiger partial charge on any atom is -0.338 e. The molecule has 0 atom stereocenters. The molecule has 0 spiro atoms. The molecular formula is C21H18F3N3O. The first-order chi connectivity index (χ1) is 13.1. The van der Waals surface area contributed by atoms with Gasteiger partial charge in [0.2, 0.25) is 5.91 Å². The topological polar surface area (TPSA) is 49.0 Å². The number of alkyl halides is 3. The maximum absolute atomic E-state index is 12.9. The van der Waals surface area contributed by atoms with E-state index < -0.39 is 17.2 Å². The number of amides is 1. The third kappa shape index (κ3) is 2.69. The van der Waals surface area contributed by atoms with Crippen molar-refractivity contribution in [2.24, 2.45) is 0 Å². The smallest absolute Gasteiger partial charge is 0.338 e. The number of halogens is 3. The summed E-state index contributed by atoms with van der Waals surface area (Å²) >= 11 is 0. The SMILES string of the molecule is C=CCN1C(=O)C(C)(C)c2ccc(-c3nc4ccc(C(F)(F)F)cc4[nH]3)cc21. The normalized spacial score (nSPS) is 15.9. The lowest BCUT2D eigenvalue weighted by atomic mass is 9.86. The molecule has 0 saturated carbocycles. The summed E-state index contributed by atoms with van der Waals surface area (Å²) in [4.78, 5) is 21.8. The quantitative estimate of drug-likeness (QED) is 0.641. The van der Waals surface area contributed by atoms with Crippen LogP contribution in [0.25, 0.3) is 22.4 Å². The average Bonchev–Trinajstić information content (AvgIpc) is 3.14. The first kappa shape index (κ1) is 18.3. The number of nitrogens with zero attached hydrogens (tertiary/aromatic N) is 2. The van der Waals surface area contributed by atoms with Crippen molar-refractivity contribution in [3.8, 4) is 11.4 Å². The summed E-state index contributed by atoms with van der Waals surface area (Å²) in [5.74, 6) is 0.437. The summed E-state index contributed by atoms with van der Waals surface area (Å²) in [6.45, 7) is 7.84. The van der Waals surface area contributed by atoms with E-state index >= 15 is 0 Å². The van der Waals surface area contributed by atoms with Crippen LogP contribution in [0.5, 0.6) is 0 Å². The molecule has 0 fully saturated rings. The van der Waals surface area contributed by atoms with Crippen LogP contribution in [0.4, 0.5) is 18.9 Å². The molecule has 2 heterocycles. The molecule has 3 aromatic rings. The number of aromatic amines is 1. The van der Waals surface area contributed by atoms with Crippen LogP contribution < -0.4 is 4.90 Å². The molecule has 1 aliphatic heterocycles. The maximum atomic E-state index is 12.9. The Hall–Kier alpha value is -3.09. The summed E-state index contributed by atoms with van der Waals surface area (Å²) in [5.41, 5.74) is 1.75. The van der Waals surface area contributed by atoms with Crippen LogP contribution in [0.2, 0.25) is 0 Å². The Kier molecular flexibility index (Phi) is 3.89. The van der Waals surface area contributed by atoms with E-state index in [1.54, 1.807) is 11.0 Å². The fraction of sp³-hybridized carbons (Fsp3) is 0.238. The van der Waals surface area contributed by atoms with E-state index in [-0.39, 0.29) is 5.91 Å². The number of hydrogen-bond acceptors (Lipinski definition) is 2. The standard InChI is InChI=1S/C21H18F3N3O/c1-4-9-27-17-10-12(5-7-14(17)20(2,3)19(27)28)18-25-15-8-6-13(21(22,23)24)11-16(15)26-18/h4-8,10-11H,1,9H2,2-3H3,(H,25,26). The third-order valence-electron chi connectivity index (χ3n) is 5.14. The Balaban J connectivity index is 1.81. The van der Waals surface area contributed by atoms with Crippen molar-refractivity contribution >= 4 is 22.6 Å². The van der Waals surface area contributed by atoms with Gasteiger partial charge in [-0.2, -0.15) is 13.2 Å². The predicted octanol–water partition coefficient (Wildman–Crippen LogP) is 5.06. The molecule has 144 valence electrons. The van der Waals surface area contributed by atoms with Gasteiger partial charge in [-0.1, -0.05) is 18.2 Å². The first-order valence-electron chi connectivity index (χ1n) is 8.77. The van der Waals surface area contributed by atoms with Crippen molar-refractivity contribution < 1.29 is 18.0 Å². The van der Waals surface area contributed by atoms with Crippen LogP contribution in [0.1, 0.15) is 25.0 Å². The van der Waals surface area contributed by atoms with Gasteiger partial charge in [0.25, 0.3) is 0 Å². The lowest BCUT2D eigenvalue weighted by Gasteiger charge is -2.18. The highest BCUT2D eigenvalue weighted by molar-refractivity contribution is 6.08.